The van der Waals surface area contributed by atoms with Crippen LogP contribution in [0.5, 0.6) is 0 Å². The first-order valence-corrected chi connectivity index (χ1v) is 5.66. The fourth-order valence-electron chi connectivity index (χ4n) is 1.76. The van der Waals surface area contributed by atoms with Crippen LogP contribution < -0.4 is 11.0 Å². The fourth-order valence-corrected chi connectivity index (χ4v) is 1.76. The second-order valence-corrected chi connectivity index (χ2v) is 4.44. The first-order chi connectivity index (χ1) is 8.06. The molecule has 2 rings (SSSR count). The minimum Gasteiger partial charge on any atom is -0.306 e. The number of imidazole rings is 1. The molecule has 1 heterocycles. The Morgan fingerprint density at radius 3 is 2.82 bits per heavy atom. The molecule has 4 nitrogen and oxygen atoms in total. The highest BCUT2D eigenvalue weighted by atomic mass is 16.1. The van der Waals surface area contributed by atoms with E-state index in [-0.39, 0.29) is 11.7 Å². The van der Waals surface area contributed by atoms with Crippen molar-refractivity contribution in [1.29, 1.82) is 0 Å². The number of rotatable bonds is 4. The Balaban J connectivity index is 2.23. The SMILES string of the molecule is C=C(C)CNC(C)c1ccc2[nH]c(=O)[nH]c2c1. The van der Waals surface area contributed by atoms with Gasteiger partial charge in [-0.1, -0.05) is 18.2 Å². The van der Waals surface area contributed by atoms with Gasteiger partial charge < -0.3 is 15.3 Å². The van der Waals surface area contributed by atoms with E-state index in [1.807, 2.05) is 25.1 Å². The van der Waals surface area contributed by atoms with Gasteiger partial charge in [0.25, 0.3) is 0 Å². The van der Waals surface area contributed by atoms with E-state index in [4.69, 9.17) is 0 Å². The number of aromatic nitrogens is 2. The number of fused-ring (bicyclic) bond motifs is 1. The Bertz CT molecular complexity index is 594. The number of H-pyrrole nitrogens is 2. The van der Waals surface area contributed by atoms with E-state index in [1.165, 1.54) is 0 Å². The predicted molar refractivity (Wildman–Crippen MR) is 70.2 cm³/mol. The molecule has 0 radical (unpaired) electrons. The third-order valence-electron chi connectivity index (χ3n) is 2.75. The second kappa shape index (κ2) is 4.59. The molecule has 2 aromatic rings. The molecule has 3 N–H and O–H groups in total. The first kappa shape index (κ1) is 11.7. The Morgan fingerprint density at radius 1 is 1.41 bits per heavy atom. The molecule has 1 aromatic heterocycles. The van der Waals surface area contributed by atoms with Crippen molar-refractivity contribution < 1.29 is 0 Å². The molecule has 4 heteroatoms. The topological polar surface area (TPSA) is 60.7 Å². The molecule has 0 aliphatic heterocycles. The Hall–Kier alpha value is -1.81. The minimum atomic E-state index is -0.167. The van der Waals surface area contributed by atoms with Crippen molar-refractivity contribution in [3.8, 4) is 0 Å². The maximum atomic E-state index is 11.1. The maximum absolute atomic E-state index is 11.1. The van der Waals surface area contributed by atoms with Crippen LogP contribution in [0.25, 0.3) is 11.0 Å². The molecule has 0 fully saturated rings. The summed E-state index contributed by atoms with van der Waals surface area (Å²) in [6.45, 7) is 8.74. The number of hydrogen-bond acceptors (Lipinski definition) is 2. The highest BCUT2D eigenvalue weighted by Gasteiger charge is 2.06. The van der Waals surface area contributed by atoms with Gasteiger partial charge in [0.05, 0.1) is 11.0 Å². The summed E-state index contributed by atoms with van der Waals surface area (Å²) in [5.74, 6) is 0. The lowest BCUT2D eigenvalue weighted by molar-refractivity contribution is 0.608. The van der Waals surface area contributed by atoms with Gasteiger partial charge in [-0.25, -0.2) is 4.79 Å². The van der Waals surface area contributed by atoms with Crippen LogP contribution in [-0.2, 0) is 0 Å². The van der Waals surface area contributed by atoms with Crippen LogP contribution in [0.15, 0.2) is 35.1 Å². The molecule has 0 saturated heterocycles. The lowest BCUT2D eigenvalue weighted by Crippen LogP contribution is -2.20. The standard InChI is InChI=1S/C13H17N3O/c1-8(2)7-14-9(3)10-4-5-11-12(6-10)16-13(17)15-11/h4-6,9,14H,1,7H2,2-3H3,(H2,15,16,17). The van der Waals surface area contributed by atoms with Crippen molar-refractivity contribution in [2.24, 2.45) is 0 Å². The molecule has 0 amide bonds. The van der Waals surface area contributed by atoms with Gasteiger partial charge in [-0.2, -0.15) is 0 Å². The van der Waals surface area contributed by atoms with E-state index in [1.54, 1.807) is 0 Å². The van der Waals surface area contributed by atoms with Crippen LogP contribution >= 0.6 is 0 Å². The Labute approximate surface area is 99.8 Å². The average molecular weight is 231 g/mol. The van der Waals surface area contributed by atoms with Crippen molar-refractivity contribution in [3.63, 3.8) is 0 Å². The zero-order chi connectivity index (χ0) is 12.4. The third kappa shape index (κ3) is 2.65. The van der Waals surface area contributed by atoms with Crippen LogP contribution in [0.1, 0.15) is 25.5 Å². The highest BCUT2D eigenvalue weighted by Crippen LogP contribution is 2.16. The van der Waals surface area contributed by atoms with Crippen LogP contribution in [0, 0.1) is 0 Å². The van der Waals surface area contributed by atoms with Crippen LogP contribution in [-0.4, -0.2) is 16.5 Å². The monoisotopic (exact) mass is 231 g/mol. The molecule has 1 unspecified atom stereocenters. The molecule has 0 saturated carbocycles. The van der Waals surface area contributed by atoms with Crippen molar-refractivity contribution in [2.75, 3.05) is 6.54 Å². The van der Waals surface area contributed by atoms with E-state index in [2.05, 4.69) is 28.8 Å². The fraction of sp³-hybridized carbons (Fsp3) is 0.308. The summed E-state index contributed by atoms with van der Waals surface area (Å²) in [6.07, 6.45) is 0. The van der Waals surface area contributed by atoms with E-state index >= 15 is 0 Å². The van der Waals surface area contributed by atoms with E-state index in [0.29, 0.717) is 0 Å². The van der Waals surface area contributed by atoms with Gasteiger partial charge in [-0.05, 0) is 31.5 Å². The van der Waals surface area contributed by atoms with Crippen molar-refractivity contribution in [1.82, 2.24) is 15.3 Å². The van der Waals surface area contributed by atoms with Gasteiger partial charge in [0.2, 0.25) is 0 Å². The van der Waals surface area contributed by atoms with Gasteiger partial charge in [0.1, 0.15) is 0 Å². The van der Waals surface area contributed by atoms with Gasteiger partial charge >= 0.3 is 5.69 Å². The van der Waals surface area contributed by atoms with Crippen molar-refractivity contribution >= 4 is 11.0 Å². The predicted octanol–water partition coefficient (Wildman–Crippen LogP) is 2.08. The molecular weight excluding hydrogens is 214 g/mol. The maximum Gasteiger partial charge on any atom is 0.323 e. The molecule has 17 heavy (non-hydrogen) atoms. The normalized spacial score (nSPS) is 12.8. The number of hydrogen-bond donors (Lipinski definition) is 3. The summed E-state index contributed by atoms with van der Waals surface area (Å²) in [6, 6.07) is 6.15. The summed E-state index contributed by atoms with van der Waals surface area (Å²) < 4.78 is 0. The molecule has 0 bridgehead atoms. The van der Waals surface area contributed by atoms with Crippen LogP contribution in [0.2, 0.25) is 0 Å². The Morgan fingerprint density at radius 2 is 2.12 bits per heavy atom. The number of nitrogens with one attached hydrogen (secondary N) is 3. The Kier molecular flexibility index (Phi) is 3.15. The molecule has 0 spiro atoms. The largest absolute Gasteiger partial charge is 0.323 e. The second-order valence-electron chi connectivity index (χ2n) is 4.44. The van der Waals surface area contributed by atoms with Crippen LogP contribution in [0.3, 0.4) is 0 Å². The average Bonchev–Trinajstić information content (AvgIpc) is 2.64. The minimum absolute atomic E-state index is 0.167. The van der Waals surface area contributed by atoms with Crippen molar-refractivity contribution in [3.05, 3.63) is 46.4 Å². The van der Waals surface area contributed by atoms with Gasteiger partial charge in [-0.3, -0.25) is 0 Å². The summed E-state index contributed by atoms with van der Waals surface area (Å²) in [5.41, 5.74) is 3.77. The van der Waals surface area contributed by atoms with E-state index in [0.717, 1.165) is 28.7 Å². The van der Waals surface area contributed by atoms with Gasteiger partial charge in [0.15, 0.2) is 0 Å². The first-order valence-electron chi connectivity index (χ1n) is 5.66. The van der Waals surface area contributed by atoms with Gasteiger partial charge in [-0.15, -0.1) is 0 Å². The molecule has 0 aliphatic rings. The zero-order valence-electron chi connectivity index (χ0n) is 10.1. The lowest BCUT2D eigenvalue weighted by atomic mass is 10.1. The third-order valence-corrected chi connectivity index (χ3v) is 2.75. The number of aromatic amines is 2. The quantitative estimate of drug-likeness (QED) is 0.705. The van der Waals surface area contributed by atoms with Gasteiger partial charge in [0, 0.05) is 12.6 Å². The van der Waals surface area contributed by atoms with E-state index in [9.17, 15) is 4.79 Å². The lowest BCUT2D eigenvalue weighted by Gasteiger charge is -2.14. The molecular formula is C13H17N3O. The van der Waals surface area contributed by atoms with E-state index < -0.39 is 0 Å². The summed E-state index contributed by atoms with van der Waals surface area (Å²) in [4.78, 5) is 16.6. The summed E-state index contributed by atoms with van der Waals surface area (Å²) >= 11 is 0. The van der Waals surface area contributed by atoms with Crippen LogP contribution in [0.4, 0.5) is 0 Å². The van der Waals surface area contributed by atoms with Crippen molar-refractivity contribution in [2.45, 2.75) is 19.9 Å². The summed E-state index contributed by atoms with van der Waals surface area (Å²) in [7, 11) is 0. The molecule has 1 atom stereocenters. The highest BCUT2D eigenvalue weighted by molar-refractivity contribution is 5.75. The molecule has 90 valence electrons. The smallest absolute Gasteiger partial charge is 0.306 e. The summed E-state index contributed by atoms with van der Waals surface area (Å²) in [5, 5.41) is 3.37. The molecule has 0 aliphatic carbocycles. The molecule has 1 aromatic carbocycles. The zero-order valence-corrected chi connectivity index (χ0v) is 10.1. The number of benzene rings is 1.